The van der Waals surface area contributed by atoms with Crippen molar-refractivity contribution in [1.29, 1.82) is 0 Å². The van der Waals surface area contributed by atoms with Gasteiger partial charge in [0.2, 0.25) is 0 Å². The summed E-state index contributed by atoms with van der Waals surface area (Å²) in [6.07, 6.45) is 3.65. The van der Waals surface area contributed by atoms with Crippen molar-refractivity contribution in [2.45, 2.75) is 0 Å². The molecule has 0 fully saturated rings. The summed E-state index contributed by atoms with van der Waals surface area (Å²) in [5, 5.41) is 2.90. The monoisotopic (exact) mass is 277 g/mol. The van der Waals surface area contributed by atoms with Crippen molar-refractivity contribution in [2.75, 3.05) is 5.32 Å². The fraction of sp³-hybridized carbons (Fsp3) is 0.0588. The molecule has 0 spiro atoms. The van der Waals surface area contributed by atoms with E-state index in [9.17, 15) is 4.79 Å². The molecule has 2 aromatic carbocycles. The fourth-order valence-electron chi connectivity index (χ4n) is 2.17. The van der Waals surface area contributed by atoms with Crippen LogP contribution in [-0.2, 0) is 7.05 Å². The summed E-state index contributed by atoms with van der Waals surface area (Å²) in [6, 6.07) is 16.8. The second-order valence-electron chi connectivity index (χ2n) is 4.76. The maximum absolute atomic E-state index is 12.1. The molecule has 1 N–H and O–H groups in total. The van der Waals surface area contributed by atoms with Crippen LogP contribution in [0.15, 0.2) is 67.0 Å². The Kier molecular flexibility index (Phi) is 3.51. The Morgan fingerprint density at radius 1 is 1.10 bits per heavy atom. The number of anilines is 1. The maximum Gasteiger partial charge on any atom is 0.255 e. The predicted octanol–water partition coefficient (Wildman–Crippen LogP) is 3.34. The molecule has 0 aliphatic rings. The van der Waals surface area contributed by atoms with Crippen LogP contribution >= 0.6 is 0 Å². The zero-order valence-electron chi connectivity index (χ0n) is 11.7. The van der Waals surface area contributed by atoms with Crippen molar-refractivity contribution in [1.82, 2.24) is 9.55 Å². The lowest BCUT2D eigenvalue weighted by Crippen LogP contribution is -2.11. The first kappa shape index (κ1) is 13.1. The summed E-state index contributed by atoms with van der Waals surface area (Å²) in [5.74, 6) is 0.749. The molecule has 0 bridgehead atoms. The molecule has 21 heavy (non-hydrogen) atoms. The number of hydrogen-bond donors (Lipinski definition) is 1. The van der Waals surface area contributed by atoms with E-state index in [1.165, 1.54) is 0 Å². The zero-order valence-corrected chi connectivity index (χ0v) is 11.7. The van der Waals surface area contributed by atoms with Crippen LogP contribution in [0.25, 0.3) is 11.4 Å². The molecule has 4 nitrogen and oxygen atoms in total. The van der Waals surface area contributed by atoms with E-state index in [0.717, 1.165) is 17.1 Å². The Bertz CT molecular complexity index is 762. The summed E-state index contributed by atoms with van der Waals surface area (Å²) < 4.78 is 1.94. The van der Waals surface area contributed by atoms with E-state index < -0.39 is 0 Å². The standard InChI is InChI=1S/C17H15N3O/c1-20-11-10-18-16(20)14-8-5-9-15(12-14)19-17(21)13-6-3-2-4-7-13/h2-12H,1H3,(H,19,21). The molecular weight excluding hydrogens is 262 g/mol. The predicted molar refractivity (Wildman–Crippen MR) is 83.0 cm³/mol. The molecule has 104 valence electrons. The van der Waals surface area contributed by atoms with E-state index in [0.29, 0.717) is 5.56 Å². The molecule has 1 amide bonds. The molecule has 0 atom stereocenters. The number of aryl methyl sites for hydroxylation is 1. The van der Waals surface area contributed by atoms with Crippen molar-refractivity contribution >= 4 is 11.6 Å². The van der Waals surface area contributed by atoms with Crippen molar-refractivity contribution in [3.8, 4) is 11.4 Å². The molecule has 0 aliphatic heterocycles. The summed E-state index contributed by atoms with van der Waals surface area (Å²) in [4.78, 5) is 16.5. The van der Waals surface area contributed by atoms with Gasteiger partial charge in [0.25, 0.3) is 5.91 Å². The van der Waals surface area contributed by atoms with Gasteiger partial charge in [-0.1, -0.05) is 30.3 Å². The largest absolute Gasteiger partial charge is 0.334 e. The Morgan fingerprint density at radius 2 is 1.90 bits per heavy atom. The molecule has 3 aromatic rings. The summed E-state index contributed by atoms with van der Waals surface area (Å²) in [5.41, 5.74) is 2.36. The van der Waals surface area contributed by atoms with E-state index in [2.05, 4.69) is 10.3 Å². The fourth-order valence-corrected chi connectivity index (χ4v) is 2.17. The van der Waals surface area contributed by atoms with Crippen LogP contribution in [0.2, 0.25) is 0 Å². The zero-order chi connectivity index (χ0) is 14.7. The highest BCUT2D eigenvalue weighted by Crippen LogP contribution is 2.21. The van der Waals surface area contributed by atoms with Crippen LogP contribution < -0.4 is 5.32 Å². The number of hydrogen-bond acceptors (Lipinski definition) is 2. The topological polar surface area (TPSA) is 46.9 Å². The smallest absolute Gasteiger partial charge is 0.255 e. The number of carbonyl (C=O) groups excluding carboxylic acids is 1. The molecule has 0 saturated heterocycles. The molecular formula is C17H15N3O. The van der Waals surface area contributed by atoms with Gasteiger partial charge in [-0.05, 0) is 24.3 Å². The van der Waals surface area contributed by atoms with Crippen molar-refractivity contribution in [3.05, 3.63) is 72.6 Å². The third-order valence-corrected chi connectivity index (χ3v) is 3.24. The van der Waals surface area contributed by atoms with Gasteiger partial charge in [-0.25, -0.2) is 4.98 Å². The normalized spacial score (nSPS) is 10.3. The van der Waals surface area contributed by atoms with Crippen LogP contribution in [0, 0.1) is 0 Å². The SMILES string of the molecule is Cn1ccnc1-c1cccc(NC(=O)c2ccccc2)c1. The number of benzene rings is 2. The minimum Gasteiger partial charge on any atom is -0.334 e. The Balaban J connectivity index is 1.84. The minimum absolute atomic E-state index is 0.118. The average molecular weight is 277 g/mol. The number of carbonyl (C=O) groups is 1. The third-order valence-electron chi connectivity index (χ3n) is 3.24. The van der Waals surface area contributed by atoms with Gasteiger partial charge in [0.05, 0.1) is 0 Å². The first-order valence-corrected chi connectivity index (χ1v) is 6.68. The van der Waals surface area contributed by atoms with E-state index >= 15 is 0 Å². The van der Waals surface area contributed by atoms with Gasteiger partial charge in [-0.2, -0.15) is 0 Å². The number of rotatable bonds is 3. The third kappa shape index (κ3) is 2.84. The van der Waals surface area contributed by atoms with Crippen LogP contribution in [0.4, 0.5) is 5.69 Å². The molecule has 0 saturated carbocycles. The maximum atomic E-state index is 12.1. The van der Waals surface area contributed by atoms with Gasteiger partial charge in [-0.15, -0.1) is 0 Å². The van der Waals surface area contributed by atoms with Gasteiger partial charge in [0.15, 0.2) is 0 Å². The highest BCUT2D eigenvalue weighted by Gasteiger charge is 2.07. The lowest BCUT2D eigenvalue weighted by atomic mass is 10.1. The van der Waals surface area contributed by atoms with Crippen LogP contribution in [0.1, 0.15) is 10.4 Å². The molecule has 4 heteroatoms. The minimum atomic E-state index is -0.118. The number of amides is 1. The van der Waals surface area contributed by atoms with Crippen molar-refractivity contribution < 1.29 is 4.79 Å². The average Bonchev–Trinajstić information content (AvgIpc) is 2.94. The Labute approximate surface area is 123 Å². The lowest BCUT2D eigenvalue weighted by molar-refractivity contribution is 0.102. The van der Waals surface area contributed by atoms with Gasteiger partial charge >= 0.3 is 0 Å². The summed E-state index contributed by atoms with van der Waals surface area (Å²) in [6.45, 7) is 0. The van der Waals surface area contributed by atoms with E-state index in [1.54, 1.807) is 18.3 Å². The highest BCUT2D eigenvalue weighted by molar-refractivity contribution is 6.04. The van der Waals surface area contributed by atoms with Gasteiger partial charge in [0, 0.05) is 36.3 Å². The second kappa shape index (κ2) is 5.63. The molecule has 3 rings (SSSR count). The number of nitrogens with one attached hydrogen (secondary N) is 1. The number of nitrogens with zero attached hydrogens (tertiary/aromatic N) is 2. The Hall–Kier alpha value is -2.88. The van der Waals surface area contributed by atoms with Crippen LogP contribution in [0.3, 0.4) is 0 Å². The van der Waals surface area contributed by atoms with Gasteiger partial charge in [0.1, 0.15) is 5.82 Å². The summed E-state index contributed by atoms with van der Waals surface area (Å²) in [7, 11) is 1.94. The van der Waals surface area contributed by atoms with Gasteiger partial charge < -0.3 is 9.88 Å². The van der Waals surface area contributed by atoms with E-state index in [4.69, 9.17) is 0 Å². The highest BCUT2D eigenvalue weighted by atomic mass is 16.1. The molecule has 1 heterocycles. The molecule has 0 radical (unpaired) electrons. The quantitative estimate of drug-likeness (QED) is 0.798. The number of imidazole rings is 1. The Morgan fingerprint density at radius 3 is 2.62 bits per heavy atom. The molecule has 0 unspecified atom stereocenters. The van der Waals surface area contributed by atoms with E-state index in [1.807, 2.05) is 60.3 Å². The van der Waals surface area contributed by atoms with E-state index in [-0.39, 0.29) is 5.91 Å². The van der Waals surface area contributed by atoms with Gasteiger partial charge in [-0.3, -0.25) is 4.79 Å². The first-order chi connectivity index (χ1) is 10.2. The molecule has 0 aliphatic carbocycles. The lowest BCUT2D eigenvalue weighted by Gasteiger charge is -2.07. The van der Waals surface area contributed by atoms with Crippen LogP contribution in [0.5, 0.6) is 0 Å². The van der Waals surface area contributed by atoms with Crippen LogP contribution in [-0.4, -0.2) is 15.5 Å². The van der Waals surface area contributed by atoms with Crippen molar-refractivity contribution in [2.24, 2.45) is 7.05 Å². The second-order valence-corrected chi connectivity index (χ2v) is 4.76. The summed E-state index contributed by atoms with van der Waals surface area (Å²) >= 11 is 0. The molecule has 1 aromatic heterocycles. The first-order valence-electron chi connectivity index (χ1n) is 6.68. The van der Waals surface area contributed by atoms with Crippen molar-refractivity contribution in [3.63, 3.8) is 0 Å². The number of aromatic nitrogens is 2.